The van der Waals surface area contributed by atoms with Crippen molar-refractivity contribution in [1.82, 2.24) is 9.97 Å². The molecule has 0 aliphatic rings. The Hall–Kier alpha value is -3.37. The molecule has 3 nitrogen and oxygen atoms in total. The molecule has 0 saturated carbocycles. The summed E-state index contributed by atoms with van der Waals surface area (Å²) in [5.41, 5.74) is 3.29. The summed E-state index contributed by atoms with van der Waals surface area (Å²) in [6.07, 6.45) is 2.26. The van der Waals surface area contributed by atoms with Crippen molar-refractivity contribution >= 4 is 38.6 Å². The number of nitrogens with zero attached hydrogens (tertiary/aromatic N) is 2. The number of halogens is 4. The SMILES string of the molecule is [C-]#[N+]/C(=C\c1cnccc1-c1ccc(C(F)(F)F)cc1)c1c[nH]c2ccc(Br)cc12. The predicted molar refractivity (Wildman–Crippen MR) is 115 cm³/mol. The Balaban J connectivity index is 1.80. The highest BCUT2D eigenvalue weighted by molar-refractivity contribution is 9.10. The van der Waals surface area contributed by atoms with Crippen LogP contribution in [0, 0.1) is 6.57 Å². The van der Waals surface area contributed by atoms with Gasteiger partial charge in [0.1, 0.15) is 0 Å². The van der Waals surface area contributed by atoms with Gasteiger partial charge in [-0.1, -0.05) is 28.1 Å². The van der Waals surface area contributed by atoms with Crippen molar-refractivity contribution in [2.45, 2.75) is 6.18 Å². The van der Waals surface area contributed by atoms with E-state index < -0.39 is 11.7 Å². The van der Waals surface area contributed by atoms with Gasteiger partial charge >= 0.3 is 6.18 Å². The lowest BCUT2D eigenvalue weighted by Gasteiger charge is -2.10. The van der Waals surface area contributed by atoms with Crippen LogP contribution >= 0.6 is 15.9 Å². The molecule has 0 aliphatic heterocycles. The number of pyridine rings is 1. The van der Waals surface area contributed by atoms with E-state index in [4.69, 9.17) is 6.57 Å². The largest absolute Gasteiger partial charge is 0.416 e. The van der Waals surface area contributed by atoms with E-state index in [0.717, 1.165) is 33.1 Å². The highest BCUT2D eigenvalue weighted by Crippen LogP contribution is 2.34. The maximum atomic E-state index is 12.9. The van der Waals surface area contributed by atoms with Crippen molar-refractivity contribution in [2.75, 3.05) is 0 Å². The van der Waals surface area contributed by atoms with Crippen molar-refractivity contribution in [3.8, 4) is 11.1 Å². The lowest BCUT2D eigenvalue weighted by atomic mass is 9.99. The van der Waals surface area contributed by atoms with Crippen molar-refractivity contribution in [3.63, 3.8) is 0 Å². The lowest BCUT2D eigenvalue weighted by Crippen LogP contribution is -2.04. The molecule has 4 aromatic rings. The number of aromatic nitrogens is 2. The fraction of sp³-hybridized carbons (Fsp3) is 0.0435. The summed E-state index contributed by atoms with van der Waals surface area (Å²) in [5.74, 6) is 0. The zero-order valence-electron chi connectivity index (χ0n) is 15.3. The minimum absolute atomic E-state index is 0.403. The van der Waals surface area contributed by atoms with Crippen molar-refractivity contribution < 1.29 is 13.2 Å². The standard InChI is InChI=1S/C23H13BrF3N3/c1-28-22(20-13-30-21-7-6-17(24)11-19(20)21)10-15-12-29-9-8-18(15)14-2-4-16(5-3-14)23(25,26)27/h2-13,30H/b22-10-. The highest BCUT2D eigenvalue weighted by Gasteiger charge is 2.30. The molecular formula is C23H13BrF3N3. The van der Waals surface area contributed by atoms with Crippen molar-refractivity contribution in [1.29, 1.82) is 0 Å². The Bertz CT molecular complexity index is 1300. The molecule has 0 fully saturated rings. The number of hydrogen-bond acceptors (Lipinski definition) is 1. The fourth-order valence-electron chi connectivity index (χ4n) is 3.25. The van der Waals surface area contributed by atoms with E-state index in [2.05, 4.69) is 30.7 Å². The smallest absolute Gasteiger partial charge is 0.362 e. The number of benzene rings is 2. The van der Waals surface area contributed by atoms with Crippen LogP contribution in [0.1, 0.15) is 16.7 Å². The summed E-state index contributed by atoms with van der Waals surface area (Å²) in [6.45, 7) is 7.67. The summed E-state index contributed by atoms with van der Waals surface area (Å²) in [7, 11) is 0. The van der Waals surface area contributed by atoms with Gasteiger partial charge in [-0.3, -0.25) is 4.98 Å². The summed E-state index contributed by atoms with van der Waals surface area (Å²) in [4.78, 5) is 11.0. The first-order valence-electron chi connectivity index (χ1n) is 8.84. The van der Waals surface area contributed by atoms with Crippen LogP contribution in [0.3, 0.4) is 0 Å². The zero-order chi connectivity index (χ0) is 21.3. The molecule has 1 N–H and O–H groups in total. The van der Waals surface area contributed by atoms with E-state index >= 15 is 0 Å². The van der Waals surface area contributed by atoms with Gasteiger partial charge in [0.15, 0.2) is 5.70 Å². The molecule has 2 heterocycles. The highest BCUT2D eigenvalue weighted by atomic mass is 79.9. The molecule has 2 aromatic carbocycles. The molecule has 4 rings (SSSR count). The van der Waals surface area contributed by atoms with E-state index in [0.29, 0.717) is 22.4 Å². The van der Waals surface area contributed by atoms with Crippen LogP contribution < -0.4 is 0 Å². The first-order valence-corrected chi connectivity index (χ1v) is 9.64. The molecule has 0 atom stereocenters. The Morgan fingerprint density at radius 2 is 1.87 bits per heavy atom. The number of fused-ring (bicyclic) bond motifs is 1. The van der Waals surface area contributed by atoms with Crippen LogP contribution in [0.2, 0.25) is 0 Å². The number of nitrogens with one attached hydrogen (secondary N) is 1. The summed E-state index contributed by atoms with van der Waals surface area (Å²) >= 11 is 3.45. The number of hydrogen-bond donors (Lipinski definition) is 1. The first kappa shape index (κ1) is 19.9. The molecule has 30 heavy (non-hydrogen) atoms. The molecule has 148 valence electrons. The monoisotopic (exact) mass is 467 g/mol. The Morgan fingerprint density at radius 1 is 1.10 bits per heavy atom. The van der Waals surface area contributed by atoms with E-state index in [9.17, 15) is 13.2 Å². The van der Waals surface area contributed by atoms with E-state index in [-0.39, 0.29) is 0 Å². The van der Waals surface area contributed by atoms with Gasteiger partial charge in [-0.25, -0.2) is 4.85 Å². The van der Waals surface area contributed by atoms with Crippen LogP contribution in [0.25, 0.3) is 38.6 Å². The number of rotatable bonds is 3. The van der Waals surface area contributed by atoms with Crippen LogP contribution in [0.5, 0.6) is 0 Å². The second-order valence-electron chi connectivity index (χ2n) is 6.57. The Morgan fingerprint density at radius 3 is 2.57 bits per heavy atom. The molecule has 0 unspecified atom stereocenters. The van der Waals surface area contributed by atoms with E-state index in [1.807, 2.05) is 18.2 Å². The summed E-state index contributed by atoms with van der Waals surface area (Å²) in [6, 6.07) is 12.4. The second kappa shape index (κ2) is 7.81. The molecule has 0 bridgehead atoms. The number of H-pyrrole nitrogens is 1. The van der Waals surface area contributed by atoms with Gasteiger partial charge < -0.3 is 4.98 Å². The van der Waals surface area contributed by atoms with Gasteiger partial charge in [-0.05, 0) is 70.7 Å². The van der Waals surface area contributed by atoms with Gasteiger partial charge in [0.05, 0.1) is 12.1 Å². The van der Waals surface area contributed by atoms with Crippen LogP contribution in [0.4, 0.5) is 13.2 Å². The molecular weight excluding hydrogens is 455 g/mol. The lowest BCUT2D eigenvalue weighted by molar-refractivity contribution is -0.137. The maximum absolute atomic E-state index is 12.9. The van der Waals surface area contributed by atoms with E-state index in [1.54, 1.807) is 30.7 Å². The maximum Gasteiger partial charge on any atom is 0.416 e. The minimum Gasteiger partial charge on any atom is -0.362 e. The van der Waals surface area contributed by atoms with Crippen molar-refractivity contribution in [3.05, 3.63) is 99.7 Å². The normalized spacial score (nSPS) is 12.2. The average molecular weight is 468 g/mol. The summed E-state index contributed by atoms with van der Waals surface area (Å²) < 4.78 is 39.5. The number of aromatic amines is 1. The van der Waals surface area contributed by atoms with Gasteiger partial charge in [-0.15, -0.1) is 0 Å². The third kappa shape index (κ3) is 3.87. The fourth-order valence-corrected chi connectivity index (χ4v) is 3.61. The molecule has 0 radical (unpaired) electrons. The summed E-state index contributed by atoms with van der Waals surface area (Å²) in [5, 5.41) is 0.895. The molecule has 2 aromatic heterocycles. The van der Waals surface area contributed by atoms with Gasteiger partial charge in [-0.2, -0.15) is 13.2 Å². The van der Waals surface area contributed by atoms with Gasteiger partial charge in [0.2, 0.25) is 0 Å². The van der Waals surface area contributed by atoms with Crippen LogP contribution in [-0.4, -0.2) is 9.97 Å². The molecule has 0 spiro atoms. The van der Waals surface area contributed by atoms with Gasteiger partial charge in [0, 0.05) is 27.9 Å². The molecule has 0 amide bonds. The topological polar surface area (TPSA) is 33.0 Å². The first-order chi connectivity index (χ1) is 14.4. The minimum atomic E-state index is -4.39. The van der Waals surface area contributed by atoms with Crippen molar-refractivity contribution in [2.24, 2.45) is 0 Å². The third-order valence-corrected chi connectivity index (χ3v) is 5.20. The molecule has 7 heteroatoms. The predicted octanol–water partition coefficient (Wildman–Crippen LogP) is 7.43. The Labute approximate surface area is 178 Å². The zero-order valence-corrected chi connectivity index (χ0v) is 16.9. The number of alkyl halides is 3. The third-order valence-electron chi connectivity index (χ3n) is 4.71. The van der Waals surface area contributed by atoms with E-state index in [1.165, 1.54) is 12.1 Å². The molecule has 0 saturated heterocycles. The molecule has 0 aliphatic carbocycles. The van der Waals surface area contributed by atoms with Crippen LogP contribution in [-0.2, 0) is 6.18 Å². The average Bonchev–Trinajstić information content (AvgIpc) is 3.14. The quantitative estimate of drug-likeness (QED) is 0.312. The van der Waals surface area contributed by atoms with Crippen LogP contribution in [0.15, 0.2) is 71.6 Å². The second-order valence-corrected chi connectivity index (χ2v) is 7.49. The Kier molecular flexibility index (Phi) is 5.18. The van der Waals surface area contributed by atoms with Gasteiger partial charge in [0.25, 0.3) is 0 Å².